The van der Waals surface area contributed by atoms with Crippen LogP contribution < -0.4 is 0 Å². The van der Waals surface area contributed by atoms with Crippen molar-refractivity contribution in [2.75, 3.05) is 0 Å². The first-order valence-corrected chi connectivity index (χ1v) is 5.85. The Hall–Kier alpha value is -2.10. The number of aryl methyl sites for hydroxylation is 1. The van der Waals surface area contributed by atoms with Crippen LogP contribution >= 0.6 is 0 Å². The molecule has 0 saturated carbocycles. The van der Waals surface area contributed by atoms with Gasteiger partial charge in [-0.25, -0.2) is 9.36 Å². The molecule has 18 heavy (non-hydrogen) atoms. The zero-order valence-electron chi connectivity index (χ0n) is 10.6. The summed E-state index contributed by atoms with van der Waals surface area (Å²) in [4.78, 5) is 12.1. The van der Waals surface area contributed by atoms with E-state index in [1.54, 1.807) is 0 Å². The van der Waals surface area contributed by atoms with Crippen molar-refractivity contribution in [2.24, 2.45) is 0 Å². The van der Waals surface area contributed by atoms with Crippen LogP contribution in [0.1, 0.15) is 30.7 Å². The minimum absolute atomic E-state index is 0.407. The van der Waals surface area contributed by atoms with Gasteiger partial charge in [0.25, 0.3) is 0 Å². The molecule has 0 atom stereocenters. The van der Waals surface area contributed by atoms with Crippen LogP contribution in [0.4, 0.5) is 4.79 Å². The predicted molar refractivity (Wildman–Crippen MR) is 69.5 cm³/mol. The van der Waals surface area contributed by atoms with Crippen LogP contribution in [0.5, 0.6) is 0 Å². The van der Waals surface area contributed by atoms with Crippen LogP contribution in [0, 0.1) is 12.3 Å². The maximum atomic E-state index is 12.1. The number of nitrogens with zero attached hydrogens (tertiary/aromatic N) is 1. The van der Waals surface area contributed by atoms with E-state index in [9.17, 15) is 4.79 Å². The predicted octanol–water partition coefficient (Wildman–Crippen LogP) is 3.18. The van der Waals surface area contributed by atoms with E-state index in [4.69, 9.17) is 10.1 Å². The molecular formula is C14H14N2O2. The van der Waals surface area contributed by atoms with Crippen molar-refractivity contribution in [3.05, 3.63) is 35.0 Å². The summed E-state index contributed by atoms with van der Waals surface area (Å²) in [5, 5.41) is 8.50. The highest BCUT2D eigenvalue weighted by molar-refractivity contribution is 6.03. The minimum atomic E-state index is -0.628. The van der Waals surface area contributed by atoms with Gasteiger partial charge in [-0.15, -0.1) is 0 Å². The second-order valence-corrected chi connectivity index (χ2v) is 5.07. The van der Waals surface area contributed by atoms with E-state index in [0.29, 0.717) is 5.69 Å². The van der Waals surface area contributed by atoms with Crippen LogP contribution in [-0.4, -0.2) is 16.9 Å². The number of para-hydroxylation sites is 1. The third-order valence-electron chi connectivity index (χ3n) is 3.60. The lowest BCUT2D eigenvalue weighted by Crippen LogP contribution is -2.34. The lowest BCUT2D eigenvalue weighted by Gasteiger charge is -2.31. The van der Waals surface area contributed by atoms with Crippen molar-refractivity contribution in [1.82, 2.24) is 4.57 Å². The van der Waals surface area contributed by atoms with Gasteiger partial charge >= 0.3 is 6.09 Å². The normalized spacial score (nSPS) is 16.7. The van der Waals surface area contributed by atoms with E-state index in [1.165, 1.54) is 10.8 Å². The second kappa shape index (κ2) is 3.22. The minimum Gasteiger partial charge on any atom is -0.438 e. The Bertz CT molecular complexity index is 695. The number of nitrogens with one attached hydrogen (secondary N) is 1. The van der Waals surface area contributed by atoms with E-state index in [1.807, 2.05) is 39.0 Å². The first-order chi connectivity index (χ1) is 8.47. The summed E-state index contributed by atoms with van der Waals surface area (Å²) in [7, 11) is 0. The SMILES string of the molecule is Cc1c(C=N)n2c3c(cccc13)C(C)(C)OC2=O. The number of ether oxygens (including phenoxy) is 1. The first kappa shape index (κ1) is 11.0. The molecule has 3 rings (SSSR count). The fraction of sp³-hybridized carbons (Fsp3) is 0.286. The molecule has 0 fully saturated rings. The van der Waals surface area contributed by atoms with Crippen LogP contribution in [0.15, 0.2) is 18.2 Å². The van der Waals surface area contributed by atoms with Gasteiger partial charge < -0.3 is 10.1 Å². The lowest BCUT2D eigenvalue weighted by atomic mass is 9.94. The molecular weight excluding hydrogens is 228 g/mol. The molecule has 0 aliphatic carbocycles. The highest BCUT2D eigenvalue weighted by Gasteiger charge is 2.36. The Kier molecular flexibility index (Phi) is 1.97. The molecule has 1 N–H and O–H groups in total. The number of rotatable bonds is 1. The molecule has 2 aromatic rings. The van der Waals surface area contributed by atoms with Crippen molar-refractivity contribution in [2.45, 2.75) is 26.4 Å². The average Bonchev–Trinajstić information content (AvgIpc) is 2.60. The topological polar surface area (TPSA) is 55.1 Å². The molecule has 0 spiro atoms. The molecule has 4 heteroatoms. The standard InChI is InChI=1S/C14H14N2O2/c1-8-9-5-4-6-10-12(9)16(11(8)7-15)13(17)18-14(10,2)3/h4-7,15H,1-3H3. The lowest BCUT2D eigenvalue weighted by molar-refractivity contribution is 0.0330. The van der Waals surface area contributed by atoms with Crippen LogP contribution in [-0.2, 0) is 10.3 Å². The van der Waals surface area contributed by atoms with Gasteiger partial charge in [0, 0.05) is 17.2 Å². The Labute approximate surface area is 105 Å². The molecule has 0 amide bonds. The number of carbonyl (C=O) groups is 1. The van der Waals surface area contributed by atoms with Gasteiger partial charge in [-0.05, 0) is 26.3 Å². The quantitative estimate of drug-likeness (QED) is 0.781. The molecule has 2 heterocycles. The average molecular weight is 242 g/mol. The number of cyclic esters (lactones) is 1. The summed E-state index contributed by atoms with van der Waals surface area (Å²) in [6, 6.07) is 5.91. The zero-order valence-corrected chi connectivity index (χ0v) is 10.6. The van der Waals surface area contributed by atoms with Crippen molar-refractivity contribution >= 4 is 23.2 Å². The third-order valence-corrected chi connectivity index (χ3v) is 3.60. The monoisotopic (exact) mass is 242 g/mol. The molecule has 0 bridgehead atoms. The largest absolute Gasteiger partial charge is 0.438 e. The van der Waals surface area contributed by atoms with Crippen LogP contribution in [0.2, 0.25) is 0 Å². The maximum absolute atomic E-state index is 12.1. The highest BCUT2D eigenvalue weighted by atomic mass is 16.6. The summed E-state index contributed by atoms with van der Waals surface area (Å²) in [5.41, 5.74) is 2.76. The Balaban J connectivity index is 2.58. The van der Waals surface area contributed by atoms with Gasteiger partial charge in [0.1, 0.15) is 5.60 Å². The molecule has 1 aliphatic rings. The number of hydrogen-bond acceptors (Lipinski definition) is 3. The maximum Gasteiger partial charge on any atom is 0.419 e. The summed E-state index contributed by atoms with van der Waals surface area (Å²) in [6.45, 7) is 5.69. The molecule has 92 valence electrons. The molecule has 4 nitrogen and oxygen atoms in total. The molecule has 0 radical (unpaired) electrons. The Morgan fingerprint density at radius 2 is 2.11 bits per heavy atom. The first-order valence-electron chi connectivity index (χ1n) is 5.85. The highest BCUT2D eigenvalue weighted by Crippen LogP contribution is 2.39. The molecule has 0 unspecified atom stereocenters. The molecule has 1 aromatic heterocycles. The van der Waals surface area contributed by atoms with E-state index in [0.717, 1.165) is 22.0 Å². The van der Waals surface area contributed by atoms with Gasteiger partial charge in [-0.3, -0.25) is 0 Å². The summed E-state index contributed by atoms with van der Waals surface area (Å²) in [6.07, 6.45) is 0.800. The zero-order chi connectivity index (χ0) is 13.1. The second-order valence-electron chi connectivity index (χ2n) is 5.07. The molecule has 1 aromatic carbocycles. The Morgan fingerprint density at radius 3 is 2.78 bits per heavy atom. The van der Waals surface area contributed by atoms with Crippen molar-refractivity contribution in [3.63, 3.8) is 0 Å². The van der Waals surface area contributed by atoms with E-state index in [2.05, 4.69) is 0 Å². The van der Waals surface area contributed by atoms with Gasteiger partial charge in [0.15, 0.2) is 0 Å². The number of benzene rings is 1. The van der Waals surface area contributed by atoms with Crippen LogP contribution in [0.3, 0.4) is 0 Å². The summed E-state index contributed by atoms with van der Waals surface area (Å²) >= 11 is 0. The van der Waals surface area contributed by atoms with E-state index < -0.39 is 11.7 Å². The fourth-order valence-electron chi connectivity index (χ4n) is 2.68. The number of aromatic nitrogens is 1. The van der Waals surface area contributed by atoms with E-state index in [-0.39, 0.29) is 0 Å². The summed E-state index contributed by atoms with van der Waals surface area (Å²) in [5.74, 6) is 0. The summed E-state index contributed by atoms with van der Waals surface area (Å²) < 4.78 is 6.97. The smallest absolute Gasteiger partial charge is 0.419 e. The van der Waals surface area contributed by atoms with Crippen molar-refractivity contribution in [3.8, 4) is 0 Å². The number of hydrogen-bond donors (Lipinski definition) is 1. The third kappa shape index (κ3) is 1.15. The molecule has 0 saturated heterocycles. The van der Waals surface area contributed by atoms with Crippen LogP contribution in [0.25, 0.3) is 10.9 Å². The van der Waals surface area contributed by atoms with Crippen molar-refractivity contribution < 1.29 is 9.53 Å². The van der Waals surface area contributed by atoms with E-state index >= 15 is 0 Å². The van der Waals surface area contributed by atoms with Gasteiger partial charge in [-0.1, -0.05) is 18.2 Å². The molecule has 1 aliphatic heterocycles. The Morgan fingerprint density at radius 1 is 1.39 bits per heavy atom. The fourth-order valence-corrected chi connectivity index (χ4v) is 2.68. The van der Waals surface area contributed by atoms with Crippen molar-refractivity contribution in [1.29, 1.82) is 5.41 Å². The number of carbonyl (C=O) groups excluding carboxylic acids is 1. The van der Waals surface area contributed by atoms with Gasteiger partial charge in [-0.2, -0.15) is 0 Å². The van der Waals surface area contributed by atoms with Gasteiger partial charge in [0.05, 0.1) is 11.2 Å². The van der Waals surface area contributed by atoms with Gasteiger partial charge in [0.2, 0.25) is 0 Å².